The maximum absolute atomic E-state index is 12.3. The first-order valence-electron chi connectivity index (χ1n) is 10.4. The molecule has 0 spiro atoms. The van der Waals surface area contributed by atoms with Crippen LogP contribution in [0.4, 0.5) is 22.7 Å². The Balaban J connectivity index is 1.59. The lowest BCUT2D eigenvalue weighted by Gasteiger charge is -2.20. The van der Waals surface area contributed by atoms with Gasteiger partial charge in [-0.3, -0.25) is 19.4 Å². The van der Waals surface area contributed by atoms with E-state index in [2.05, 4.69) is 27.5 Å². The minimum atomic E-state index is -0.574. The molecule has 0 aliphatic carbocycles. The van der Waals surface area contributed by atoms with Gasteiger partial charge in [-0.25, -0.2) is 0 Å². The van der Waals surface area contributed by atoms with E-state index in [0.29, 0.717) is 22.6 Å². The minimum absolute atomic E-state index is 0.150. The zero-order valence-corrected chi connectivity index (χ0v) is 18.0. The Kier molecular flexibility index (Phi) is 6.13. The Morgan fingerprint density at radius 3 is 2.42 bits per heavy atom. The fourth-order valence-corrected chi connectivity index (χ4v) is 3.49. The summed E-state index contributed by atoms with van der Waals surface area (Å²) in [4.78, 5) is 40.7. The molecule has 0 radical (unpaired) electrons. The fraction of sp³-hybridized carbons (Fsp3) is 0.0769. The summed E-state index contributed by atoms with van der Waals surface area (Å²) in [5.74, 6) is -0.330. The lowest BCUT2D eigenvalue weighted by atomic mass is 10.1. The maximum atomic E-state index is 12.3. The van der Waals surface area contributed by atoms with Gasteiger partial charge in [0.05, 0.1) is 11.4 Å². The highest BCUT2D eigenvalue weighted by Crippen LogP contribution is 2.30. The molecule has 7 heteroatoms. The summed E-state index contributed by atoms with van der Waals surface area (Å²) >= 11 is 0. The molecule has 1 aromatic heterocycles. The number of pyridine rings is 1. The molecule has 1 atom stereocenters. The number of benzene rings is 2. The van der Waals surface area contributed by atoms with Gasteiger partial charge in [0.25, 0.3) is 10.9 Å². The van der Waals surface area contributed by atoms with Gasteiger partial charge in [0.2, 0.25) is 5.91 Å². The van der Waals surface area contributed by atoms with Crippen molar-refractivity contribution in [3.63, 3.8) is 0 Å². The first kappa shape index (κ1) is 21.7. The van der Waals surface area contributed by atoms with Crippen molar-refractivity contribution in [3.8, 4) is 11.3 Å². The van der Waals surface area contributed by atoms with Gasteiger partial charge in [-0.15, -0.1) is 0 Å². The number of hydrogen-bond donors (Lipinski definition) is 3. The molecule has 0 aliphatic rings. The molecule has 0 saturated heterocycles. The molecular formula is C26H22N4O3. The number of carbonyl (C=O) groups is 1. The van der Waals surface area contributed by atoms with Crippen LogP contribution in [0.3, 0.4) is 0 Å². The number of para-hydroxylation sites is 1. The summed E-state index contributed by atoms with van der Waals surface area (Å²) in [6.07, 6.45) is 2.79. The van der Waals surface area contributed by atoms with E-state index in [9.17, 15) is 14.4 Å². The Hall–Kier alpha value is -4.52. The predicted octanol–water partition coefficient (Wildman–Crippen LogP) is 4.39. The van der Waals surface area contributed by atoms with Crippen LogP contribution in [0.25, 0.3) is 11.3 Å². The highest BCUT2D eigenvalue weighted by Gasteiger charge is 2.23. The minimum Gasteiger partial charge on any atom is -0.373 e. The van der Waals surface area contributed by atoms with Crippen LogP contribution >= 0.6 is 0 Å². The van der Waals surface area contributed by atoms with Crippen molar-refractivity contribution >= 4 is 28.7 Å². The van der Waals surface area contributed by atoms with E-state index in [1.165, 1.54) is 6.08 Å². The van der Waals surface area contributed by atoms with Crippen molar-refractivity contribution in [1.29, 1.82) is 0 Å². The van der Waals surface area contributed by atoms with E-state index < -0.39 is 10.9 Å². The summed E-state index contributed by atoms with van der Waals surface area (Å²) in [6.45, 7) is 5.40. The van der Waals surface area contributed by atoms with E-state index >= 15 is 0 Å². The van der Waals surface area contributed by atoms with Crippen molar-refractivity contribution in [1.82, 2.24) is 4.98 Å². The van der Waals surface area contributed by atoms with Crippen molar-refractivity contribution < 1.29 is 4.79 Å². The number of hydrogen-bond acceptors (Lipinski definition) is 6. The lowest BCUT2D eigenvalue weighted by Crippen LogP contribution is -2.37. The van der Waals surface area contributed by atoms with E-state index in [1.807, 2.05) is 49.4 Å². The Bertz CT molecular complexity index is 1390. The second kappa shape index (κ2) is 9.32. The van der Waals surface area contributed by atoms with Gasteiger partial charge in [0, 0.05) is 23.5 Å². The molecule has 7 nitrogen and oxygen atoms in total. The summed E-state index contributed by atoms with van der Waals surface area (Å²) in [5, 5.41) is 8.95. The molecule has 1 unspecified atom stereocenters. The highest BCUT2D eigenvalue weighted by molar-refractivity contribution is 6.01. The van der Waals surface area contributed by atoms with Crippen LogP contribution < -0.4 is 26.8 Å². The number of anilines is 4. The van der Waals surface area contributed by atoms with Crippen LogP contribution in [-0.2, 0) is 4.79 Å². The largest absolute Gasteiger partial charge is 0.373 e. The molecule has 1 amide bonds. The second-order valence-corrected chi connectivity index (χ2v) is 7.48. The molecule has 33 heavy (non-hydrogen) atoms. The maximum Gasteiger partial charge on any atom is 0.253 e. The topological polar surface area (TPSA) is 100 Å². The highest BCUT2D eigenvalue weighted by atomic mass is 16.2. The third kappa shape index (κ3) is 4.57. The Morgan fingerprint density at radius 1 is 0.970 bits per heavy atom. The van der Waals surface area contributed by atoms with Gasteiger partial charge in [-0.2, -0.15) is 0 Å². The third-order valence-electron chi connectivity index (χ3n) is 5.25. The van der Waals surface area contributed by atoms with Crippen LogP contribution in [0.15, 0.2) is 95.2 Å². The zero-order valence-electron chi connectivity index (χ0n) is 18.0. The van der Waals surface area contributed by atoms with Crippen molar-refractivity contribution in [2.24, 2.45) is 0 Å². The second-order valence-electron chi connectivity index (χ2n) is 7.48. The van der Waals surface area contributed by atoms with E-state index in [4.69, 9.17) is 0 Å². The summed E-state index contributed by atoms with van der Waals surface area (Å²) in [7, 11) is 0. The summed E-state index contributed by atoms with van der Waals surface area (Å²) < 4.78 is 0. The molecule has 4 rings (SSSR count). The van der Waals surface area contributed by atoms with Crippen LogP contribution in [0.5, 0.6) is 0 Å². The Morgan fingerprint density at radius 2 is 1.67 bits per heavy atom. The molecule has 3 N–H and O–H groups in total. The molecule has 3 aromatic carbocycles. The van der Waals surface area contributed by atoms with Crippen LogP contribution in [0.2, 0.25) is 0 Å². The summed E-state index contributed by atoms with van der Waals surface area (Å²) in [6, 6.07) is 20.2. The first-order chi connectivity index (χ1) is 16.0. The molecular weight excluding hydrogens is 416 g/mol. The van der Waals surface area contributed by atoms with Crippen molar-refractivity contribution in [3.05, 3.63) is 112 Å². The van der Waals surface area contributed by atoms with Gasteiger partial charge in [0.1, 0.15) is 11.4 Å². The van der Waals surface area contributed by atoms with E-state index in [0.717, 1.165) is 5.56 Å². The normalized spacial score (nSPS) is 11.5. The quantitative estimate of drug-likeness (QED) is 0.279. The van der Waals surface area contributed by atoms with Crippen LogP contribution in [0.1, 0.15) is 18.5 Å². The summed E-state index contributed by atoms with van der Waals surface area (Å²) in [5.41, 5.74) is 2.82. The molecule has 0 saturated carbocycles. The number of rotatable bonds is 8. The molecule has 164 valence electrons. The van der Waals surface area contributed by atoms with Gasteiger partial charge in [-0.05, 0) is 36.8 Å². The molecule has 4 aromatic rings. The molecule has 1 heterocycles. The van der Waals surface area contributed by atoms with E-state index in [1.54, 1.807) is 30.5 Å². The SMILES string of the molecule is C=CC(=O)Nc1ccccc1-c1cc(Nc2c(NC(C)c3ccccc3)c(=O)c2=O)ccn1. The number of carbonyl (C=O) groups excluding carboxylic acids is 1. The van der Waals surface area contributed by atoms with Crippen molar-refractivity contribution in [2.75, 3.05) is 16.0 Å². The Labute approximate surface area is 190 Å². The van der Waals surface area contributed by atoms with Gasteiger partial charge in [-0.1, -0.05) is 55.1 Å². The standard InChI is InChI=1S/C26H22N4O3/c1-3-22(31)30-20-12-8-7-11-19(20)21-15-18(13-14-27-21)29-24-23(25(32)26(24)33)28-16(2)17-9-5-4-6-10-17/h3-16,28H,1H2,2H3,(H,27,29)(H,30,31). The fourth-order valence-electron chi connectivity index (χ4n) is 3.49. The number of nitrogens with zero attached hydrogens (tertiary/aromatic N) is 1. The lowest BCUT2D eigenvalue weighted by molar-refractivity contribution is -0.111. The van der Waals surface area contributed by atoms with Crippen LogP contribution in [0, 0.1) is 0 Å². The average molecular weight is 438 g/mol. The van der Waals surface area contributed by atoms with E-state index in [-0.39, 0.29) is 23.3 Å². The third-order valence-corrected chi connectivity index (χ3v) is 5.25. The average Bonchev–Trinajstić information content (AvgIpc) is 2.86. The number of nitrogens with one attached hydrogen (secondary N) is 3. The van der Waals surface area contributed by atoms with Gasteiger partial charge in [0.15, 0.2) is 0 Å². The molecule has 0 bridgehead atoms. The zero-order chi connectivity index (χ0) is 23.4. The number of aromatic nitrogens is 1. The molecule has 0 fully saturated rings. The monoisotopic (exact) mass is 438 g/mol. The van der Waals surface area contributed by atoms with Crippen molar-refractivity contribution in [2.45, 2.75) is 13.0 Å². The first-order valence-corrected chi connectivity index (χ1v) is 10.4. The predicted molar refractivity (Wildman–Crippen MR) is 132 cm³/mol. The number of amides is 1. The van der Waals surface area contributed by atoms with Gasteiger partial charge >= 0.3 is 0 Å². The van der Waals surface area contributed by atoms with Gasteiger partial charge < -0.3 is 16.0 Å². The smallest absolute Gasteiger partial charge is 0.253 e. The molecule has 0 aliphatic heterocycles. The van der Waals surface area contributed by atoms with Crippen LogP contribution in [-0.4, -0.2) is 10.9 Å².